The minimum absolute atomic E-state index is 0.0187. The van der Waals surface area contributed by atoms with Gasteiger partial charge in [0, 0.05) is 61.6 Å². The Balaban J connectivity index is 1.40. The van der Waals surface area contributed by atoms with Crippen LogP contribution in [0.1, 0.15) is 55.2 Å². The summed E-state index contributed by atoms with van der Waals surface area (Å²) >= 11 is 0. The summed E-state index contributed by atoms with van der Waals surface area (Å²) in [6, 6.07) is 9.83. The molecule has 0 spiro atoms. The van der Waals surface area contributed by atoms with Crippen LogP contribution < -0.4 is 19.8 Å². The molecule has 2 aliphatic rings. The number of rotatable bonds is 8. The first-order valence-electron chi connectivity index (χ1n) is 14.8. The molecule has 4 aromatic rings. The zero-order valence-corrected chi connectivity index (χ0v) is 24.8. The van der Waals surface area contributed by atoms with Gasteiger partial charge in [0.2, 0.25) is 0 Å². The van der Waals surface area contributed by atoms with Crippen LogP contribution in [0.5, 0.6) is 11.5 Å². The summed E-state index contributed by atoms with van der Waals surface area (Å²) in [6.07, 6.45) is 7.79. The lowest BCUT2D eigenvalue weighted by Gasteiger charge is -2.40. The molecule has 1 saturated heterocycles. The number of anilines is 1. The minimum atomic E-state index is -0.576. The summed E-state index contributed by atoms with van der Waals surface area (Å²) in [5.41, 5.74) is 5.28. The number of halogens is 1. The lowest BCUT2D eigenvalue weighted by Crippen LogP contribution is -2.48. The molecule has 0 N–H and O–H groups in total. The van der Waals surface area contributed by atoms with E-state index in [1.54, 1.807) is 6.92 Å². The second kappa shape index (κ2) is 11.7. The molecule has 2 atom stereocenters. The Morgan fingerprint density at radius 2 is 2.00 bits per heavy atom. The molecule has 0 amide bonds. The van der Waals surface area contributed by atoms with Gasteiger partial charge in [-0.2, -0.15) is 0 Å². The zero-order chi connectivity index (χ0) is 29.4. The standard InChI is InChI=1S/C33H38FN5O3/c1-5-41-32-29(34)14-28-30-33(32)42-20-23(4)39(30)18-25(31(28)40)17-38(16-24-10-11-35-22(3)13-24)27-7-6-12-37(19-27)26-9-8-21(2)36-15-26/h8-11,13-15,18,23,27H,5-7,12,16-17,19-20H2,1-4H3. The van der Waals surface area contributed by atoms with Crippen molar-refractivity contribution in [1.82, 2.24) is 19.4 Å². The Morgan fingerprint density at radius 1 is 1.14 bits per heavy atom. The van der Waals surface area contributed by atoms with Crippen molar-refractivity contribution in [3.05, 3.63) is 87.5 Å². The highest BCUT2D eigenvalue weighted by Crippen LogP contribution is 2.41. The highest BCUT2D eigenvalue weighted by Gasteiger charge is 2.30. The number of pyridine rings is 3. The summed E-state index contributed by atoms with van der Waals surface area (Å²) in [7, 11) is 0. The third-order valence-electron chi connectivity index (χ3n) is 8.38. The fourth-order valence-corrected chi connectivity index (χ4v) is 6.25. The molecule has 6 rings (SSSR count). The normalized spacial score (nSPS) is 18.4. The number of aryl methyl sites for hydroxylation is 2. The first-order chi connectivity index (χ1) is 20.3. The summed E-state index contributed by atoms with van der Waals surface area (Å²) in [4.78, 5) is 27.7. The Morgan fingerprint density at radius 3 is 2.76 bits per heavy atom. The molecule has 8 nitrogen and oxygen atoms in total. The van der Waals surface area contributed by atoms with Crippen LogP contribution in [-0.4, -0.2) is 51.8 Å². The molecule has 5 heterocycles. The van der Waals surface area contributed by atoms with Crippen molar-refractivity contribution in [3.63, 3.8) is 0 Å². The van der Waals surface area contributed by atoms with Crippen LogP contribution in [-0.2, 0) is 13.1 Å². The van der Waals surface area contributed by atoms with Gasteiger partial charge in [-0.05, 0) is 76.4 Å². The average molecular weight is 572 g/mol. The highest BCUT2D eigenvalue weighted by molar-refractivity contribution is 5.89. The van der Waals surface area contributed by atoms with Crippen LogP contribution in [0.2, 0.25) is 0 Å². The molecule has 0 radical (unpaired) electrons. The van der Waals surface area contributed by atoms with Crippen LogP contribution in [0.4, 0.5) is 10.1 Å². The Bertz CT molecular complexity index is 1650. The molecule has 0 aliphatic carbocycles. The van der Waals surface area contributed by atoms with E-state index in [9.17, 15) is 4.79 Å². The second-order valence-electron chi connectivity index (χ2n) is 11.5. The maximum absolute atomic E-state index is 15.2. The maximum atomic E-state index is 15.2. The lowest BCUT2D eigenvalue weighted by atomic mass is 10.0. The van der Waals surface area contributed by atoms with Crippen molar-refractivity contribution in [2.24, 2.45) is 0 Å². The summed E-state index contributed by atoms with van der Waals surface area (Å²) < 4.78 is 28.8. The van der Waals surface area contributed by atoms with Crippen molar-refractivity contribution in [2.45, 2.75) is 65.7 Å². The number of piperidine rings is 1. The molecule has 1 aromatic carbocycles. The molecule has 42 heavy (non-hydrogen) atoms. The largest absolute Gasteiger partial charge is 0.487 e. The smallest absolute Gasteiger partial charge is 0.199 e. The first-order valence-corrected chi connectivity index (χ1v) is 14.8. The van der Waals surface area contributed by atoms with Gasteiger partial charge in [-0.25, -0.2) is 4.39 Å². The number of ether oxygens (including phenoxy) is 2. The van der Waals surface area contributed by atoms with E-state index in [-0.39, 0.29) is 23.3 Å². The van der Waals surface area contributed by atoms with Gasteiger partial charge < -0.3 is 18.9 Å². The van der Waals surface area contributed by atoms with Crippen LogP contribution in [0.3, 0.4) is 0 Å². The molecule has 220 valence electrons. The maximum Gasteiger partial charge on any atom is 0.199 e. The molecule has 0 bridgehead atoms. The van der Waals surface area contributed by atoms with Crippen molar-refractivity contribution in [2.75, 3.05) is 31.2 Å². The Kier molecular flexibility index (Phi) is 7.86. The Labute approximate surface area is 245 Å². The predicted octanol–water partition coefficient (Wildman–Crippen LogP) is 5.57. The number of aromatic nitrogens is 3. The van der Waals surface area contributed by atoms with Gasteiger partial charge >= 0.3 is 0 Å². The van der Waals surface area contributed by atoms with Crippen molar-refractivity contribution in [1.29, 1.82) is 0 Å². The second-order valence-corrected chi connectivity index (χ2v) is 11.5. The molecule has 0 saturated carbocycles. The monoisotopic (exact) mass is 571 g/mol. The van der Waals surface area contributed by atoms with Crippen molar-refractivity contribution in [3.8, 4) is 11.5 Å². The third kappa shape index (κ3) is 5.45. The third-order valence-corrected chi connectivity index (χ3v) is 8.38. The minimum Gasteiger partial charge on any atom is -0.487 e. The van der Waals surface area contributed by atoms with Gasteiger partial charge in [-0.15, -0.1) is 0 Å². The van der Waals surface area contributed by atoms with Crippen LogP contribution in [0.15, 0.2) is 53.7 Å². The number of hydrogen-bond acceptors (Lipinski definition) is 7. The van der Waals surface area contributed by atoms with Gasteiger partial charge in [-0.1, -0.05) is 0 Å². The van der Waals surface area contributed by atoms with Crippen molar-refractivity contribution < 1.29 is 13.9 Å². The summed E-state index contributed by atoms with van der Waals surface area (Å²) in [6.45, 7) is 11.4. The van der Waals surface area contributed by atoms with Crippen molar-refractivity contribution >= 4 is 16.6 Å². The quantitative estimate of drug-likeness (QED) is 0.274. The first kappa shape index (κ1) is 28.2. The fourth-order valence-electron chi connectivity index (χ4n) is 6.25. The summed E-state index contributed by atoms with van der Waals surface area (Å²) in [5.74, 6) is -0.193. The van der Waals surface area contributed by atoms with Gasteiger partial charge in [0.15, 0.2) is 22.7 Å². The van der Waals surface area contributed by atoms with E-state index in [1.807, 2.05) is 51.5 Å². The van der Waals surface area contributed by atoms with E-state index in [2.05, 4.69) is 36.5 Å². The lowest BCUT2D eigenvalue weighted by molar-refractivity contribution is 0.157. The molecule has 2 aliphatic heterocycles. The number of hydrogen-bond donors (Lipinski definition) is 0. The van der Waals surface area contributed by atoms with Crippen LogP contribution in [0.25, 0.3) is 10.9 Å². The average Bonchev–Trinajstić information content (AvgIpc) is 2.98. The van der Waals surface area contributed by atoms with Crippen LogP contribution in [0, 0.1) is 19.7 Å². The topological polar surface area (TPSA) is 72.7 Å². The molecule has 2 unspecified atom stereocenters. The van der Waals surface area contributed by atoms with E-state index in [0.29, 0.717) is 48.5 Å². The molecule has 1 fully saturated rings. The van der Waals surface area contributed by atoms with Gasteiger partial charge in [0.1, 0.15) is 6.61 Å². The van der Waals surface area contributed by atoms with E-state index in [0.717, 1.165) is 48.6 Å². The van der Waals surface area contributed by atoms with Gasteiger partial charge in [0.25, 0.3) is 0 Å². The van der Waals surface area contributed by atoms with E-state index < -0.39 is 5.82 Å². The SMILES string of the molecule is CCOc1c(F)cc2c(=O)c(CN(Cc3ccnc(C)c3)C3CCCN(c4ccc(C)nc4)C3)cn3c2c1OCC3C. The highest BCUT2D eigenvalue weighted by atomic mass is 19.1. The predicted molar refractivity (Wildman–Crippen MR) is 162 cm³/mol. The molecular weight excluding hydrogens is 533 g/mol. The van der Waals surface area contributed by atoms with E-state index in [4.69, 9.17) is 9.47 Å². The molecule has 9 heteroatoms. The molecule has 3 aromatic heterocycles. The van der Waals surface area contributed by atoms with Crippen LogP contribution >= 0.6 is 0 Å². The van der Waals surface area contributed by atoms with Gasteiger partial charge in [0.05, 0.1) is 35.4 Å². The summed E-state index contributed by atoms with van der Waals surface area (Å²) in [5, 5.41) is 0.325. The fraction of sp³-hybridized carbons (Fsp3) is 0.424. The van der Waals surface area contributed by atoms with Gasteiger partial charge in [-0.3, -0.25) is 19.7 Å². The van der Waals surface area contributed by atoms with E-state index >= 15 is 4.39 Å². The number of benzene rings is 1. The Hall–Kier alpha value is -3.98. The zero-order valence-electron chi connectivity index (χ0n) is 24.8. The van der Waals surface area contributed by atoms with E-state index in [1.165, 1.54) is 6.07 Å². The number of nitrogens with zero attached hydrogens (tertiary/aromatic N) is 5. The molecular formula is C33H38FN5O3.